The van der Waals surface area contributed by atoms with Crippen LogP contribution in [0.1, 0.15) is 37.8 Å². The van der Waals surface area contributed by atoms with Crippen LogP contribution in [-0.4, -0.2) is 31.1 Å². The van der Waals surface area contributed by atoms with E-state index in [0.717, 1.165) is 18.0 Å². The molecule has 100 valence electrons. The van der Waals surface area contributed by atoms with Gasteiger partial charge in [-0.1, -0.05) is 30.7 Å². The van der Waals surface area contributed by atoms with Crippen LogP contribution < -0.4 is 5.32 Å². The van der Waals surface area contributed by atoms with Crippen LogP contribution in [0.25, 0.3) is 0 Å². The van der Waals surface area contributed by atoms with Gasteiger partial charge in [-0.05, 0) is 50.6 Å². The molecule has 0 bridgehead atoms. The third-order valence-electron chi connectivity index (χ3n) is 3.90. The highest BCUT2D eigenvalue weighted by Gasteiger charge is 2.29. The summed E-state index contributed by atoms with van der Waals surface area (Å²) in [5, 5.41) is 4.14. The van der Waals surface area contributed by atoms with Crippen LogP contribution in [0, 0.1) is 0 Å². The van der Waals surface area contributed by atoms with Crippen molar-refractivity contribution in [2.45, 2.75) is 38.3 Å². The van der Waals surface area contributed by atoms with E-state index in [1.807, 2.05) is 19.2 Å². The summed E-state index contributed by atoms with van der Waals surface area (Å²) in [6.07, 6.45) is 3.78. The average molecular weight is 267 g/mol. The maximum absolute atomic E-state index is 5.97. The molecular formula is C15H23ClN2. The van der Waals surface area contributed by atoms with E-state index in [0.29, 0.717) is 12.1 Å². The second kappa shape index (κ2) is 6.55. The molecule has 1 aliphatic rings. The molecule has 2 unspecified atom stereocenters. The summed E-state index contributed by atoms with van der Waals surface area (Å²) in [7, 11) is 2.04. The first-order chi connectivity index (χ1) is 8.76. The van der Waals surface area contributed by atoms with E-state index in [2.05, 4.69) is 29.3 Å². The van der Waals surface area contributed by atoms with Gasteiger partial charge < -0.3 is 5.32 Å². The van der Waals surface area contributed by atoms with Crippen LogP contribution in [0.15, 0.2) is 24.3 Å². The molecule has 0 aliphatic carbocycles. The van der Waals surface area contributed by atoms with Gasteiger partial charge in [-0.15, -0.1) is 0 Å². The second-order valence-corrected chi connectivity index (χ2v) is 5.50. The second-order valence-electron chi connectivity index (χ2n) is 5.07. The molecule has 0 radical (unpaired) electrons. The summed E-state index contributed by atoms with van der Waals surface area (Å²) in [6.45, 7) is 4.57. The number of rotatable bonds is 5. The highest BCUT2D eigenvalue weighted by atomic mass is 35.5. The fraction of sp³-hybridized carbons (Fsp3) is 0.600. The number of halogens is 1. The lowest BCUT2D eigenvalue weighted by atomic mass is 10.0. The molecule has 0 saturated carbocycles. The number of likely N-dealkylation sites (tertiary alicyclic amines) is 1. The monoisotopic (exact) mass is 266 g/mol. The van der Waals surface area contributed by atoms with E-state index >= 15 is 0 Å². The van der Waals surface area contributed by atoms with Gasteiger partial charge >= 0.3 is 0 Å². The van der Waals surface area contributed by atoms with Gasteiger partial charge in [0.2, 0.25) is 0 Å². The van der Waals surface area contributed by atoms with Crippen molar-refractivity contribution in [2.75, 3.05) is 20.1 Å². The first-order valence-corrected chi connectivity index (χ1v) is 7.30. The number of nitrogens with one attached hydrogen (secondary N) is 1. The Hall–Kier alpha value is -0.570. The summed E-state index contributed by atoms with van der Waals surface area (Å²) in [6, 6.07) is 9.56. The SMILES string of the molecule is CCC(c1ccc(Cl)cc1)N1CCCC1CNC. The van der Waals surface area contributed by atoms with Crippen molar-refractivity contribution in [3.63, 3.8) is 0 Å². The van der Waals surface area contributed by atoms with Gasteiger partial charge in [-0.2, -0.15) is 0 Å². The fourth-order valence-corrected chi connectivity index (χ4v) is 3.20. The Labute approximate surface area is 115 Å². The summed E-state index contributed by atoms with van der Waals surface area (Å²) in [4.78, 5) is 2.65. The zero-order valence-corrected chi connectivity index (χ0v) is 12.1. The third-order valence-corrected chi connectivity index (χ3v) is 4.16. The summed E-state index contributed by atoms with van der Waals surface area (Å²) in [5.74, 6) is 0. The zero-order chi connectivity index (χ0) is 13.0. The molecule has 2 atom stereocenters. The maximum Gasteiger partial charge on any atom is 0.0406 e. The summed E-state index contributed by atoms with van der Waals surface area (Å²) in [5.41, 5.74) is 1.39. The molecule has 0 spiro atoms. The Balaban J connectivity index is 2.14. The minimum Gasteiger partial charge on any atom is -0.318 e. The van der Waals surface area contributed by atoms with E-state index in [1.165, 1.54) is 24.9 Å². The number of benzene rings is 1. The normalized spacial score (nSPS) is 22.3. The van der Waals surface area contributed by atoms with Gasteiger partial charge in [0.05, 0.1) is 0 Å². The van der Waals surface area contributed by atoms with E-state index in [4.69, 9.17) is 11.6 Å². The molecule has 1 aromatic carbocycles. The van der Waals surface area contributed by atoms with Crippen molar-refractivity contribution in [1.29, 1.82) is 0 Å². The molecule has 1 aliphatic heterocycles. The van der Waals surface area contributed by atoms with Crippen molar-refractivity contribution in [3.05, 3.63) is 34.9 Å². The first-order valence-electron chi connectivity index (χ1n) is 6.92. The van der Waals surface area contributed by atoms with E-state index in [1.54, 1.807) is 0 Å². The van der Waals surface area contributed by atoms with Gasteiger partial charge in [-0.3, -0.25) is 4.90 Å². The Morgan fingerprint density at radius 2 is 2.11 bits per heavy atom. The number of hydrogen-bond donors (Lipinski definition) is 1. The average Bonchev–Trinajstić information content (AvgIpc) is 2.82. The highest BCUT2D eigenvalue weighted by molar-refractivity contribution is 6.30. The lowest BCUT2D eigenvalue weighted by Crippen LogP contribution is -2.39. The molecule has 0 aromatic heterocycles. The predicted molar refractivity (Wildman–Crippen MR) is 78.1 cm³/mol. The minimum absolute atomic E-state index is 0.531. The summed E-state index contributed by atoms with van der Waals surface area (Å²) >= 11 is 5.97. The van der Waals surface area contributed by atoms with Crippen LogP contribution in [0.4, 0.5) is 0 Å². The lowest BCUT2D eigenvalue weighted by Gasteiger charge is -2.33. The van der Waals surface area contributed by atoms with E-state index in [9.17, 15) is 0 Å². The Morgan fingerprint density at radius 1 is 1.39 bits per heavy atom. The molecule has 1 saturated heterocycles. The van der Waals surface area contributed by atoms with Crippen LogP contribution in [0.2, 0.25) is 5.02 Å². The lowest BCUT2D eigenvalue weighted by molar-refractivity contribution is 0.174. The van der Waals surface area contributed by atoms with Crippen LogP contribution in [0.5, 0.6) is 0 Å². The third kappa shape index (κ3) is 3.05. The molecule has 3 heteroatoms. The van der Waals surface area contributed by atoms with Crippen molar-refractivity contribution >= 4 is 11.6 Å². The van der Waals surface area contributed by atoms with Gasteiger partial charge in [-0.25, -0.2) is 0 Å². The smallest absolute Gasteiger partial charge is 0.0406 e. The first kappa shape index (κ1) is 13.9. The molecule has 1 fully saturated rings. The standard InChI is InChI=1S/C15H23ClN2/c1-3-15(12-6-8-13(16)9-7-12)18-10-4-5-14(18)11-17-2/h6-9,14-15,17H,3-5,10-11H2,1-2H3. The highest BCUT2D eigenvalue weighted by Crippen LogP contribution is 2.32. The number of likely N-dealkylation sites (N-methyl/N-ethyl adjacent to an activating group) is 1. The molecule has 2 nitrogen and oxygen atoms in total. The van der Waals surface area contributed by atoms with Crippen LogP contribution in [-0.2, 0) is 0 Å². The molecule has 1 aromatic rings. The largest absolute Gasteiger partial charge is 0.318 e. The minimum atomic E-state index is 0.531. The molecular weight excluding hydrogens is 244 g/mol. The van der Waals surface area contributed by atoms with Crippen molar-refractivity contribution in [3.8, 4) is 0 Å². The van der Waals surface area contributed by atoms with Crippen molar-refractivity contribution < 1.29 is 0 Å². The molecule has 1 N–H and O–H groups in total. The molecule has 0 amide bonds. The fourth-order valence-electron chi connectivity index (χ4n) is 3.07. The maximum atomic E-state index is 5.97. The molecule has 2 rings (SSSR count). The van der Waals surface area contributed by atoms with Gasteiger partial charge in [0, 0.05) is 23.7 Å². The van der Waals surface area contributed by atoms with Crippen molar-refractivity contribution in [1.82, 2.24) is 10.2 Å². The van der Waals surface area contributed by atoms with Gasteiger partial charge in [0.25, 0.3) is 0 Å². The Morgan fingerprint density at radius 3 is 2.72 bits per heavy atom. The topological polar surface area (TPSA) is 15.3 Å². The number of hydrogen-bond acceptors (Lipinski definition) is 2. The predicted octanol–water partition coefficient (Wildman–Crippen LogP) is 3.47. The van der Waals surface area contributed by atoms with E-state index in [-0.39, 0.29) is 0 Å². The van der Waals surface area contributed by atoms with Gasteiger partial charge in [0.1, 0.15) is 0 Å². The Kier molecular flexibility index (Phi) is 5.04. The molecule has 18 heavy (non-hydrogen) atoms. The van der Waals surface area contributed by atoms with Crippen LogP contribution in [0.3, 0.4) is 0 Å². The van der Waals surface area contributed by atoms with Crippen molar-refractivity contribution in [2.24, 2.45) is 0 Å². The zero-order valence-electron chi connectivity index (χ0n) is 11.3. The Bertz CT molecular complexity index is 363. The van der Waals surface area contributed by atoms with Gasteiger partial charge in [0.15, 0.2) is 0 Å². The van der Waals surface area contributed by atoms with E-state index < -0.39 is 0 Å². The summed E-state index contributed by atoms with van der Waals surface area (Å²) < 4.78 is 0. The quantitative estimate of drug-likeness (QED) is 0.878. The number of nitrogens with zero attached hydrogens (tertiary/aromatic N) is 1. The molecule has 1 heterocycles. The van der Waals surface area contributed by atoms with Crippen LogP contribution >= 0.6 is 11.6 Å².